The van der Waals surface area contributed by atoms with Crippen LogP contribution in [0.25, 0.3) is 16.8 Å². The summed E-state index contributed by atoms with van der Waals surface area (Å²) >= 11 is 0. The maximum absolute atomic E-state index is 8.19. The average molecular weight is 454 g/mol. The molecule has 35 heavy (non-hydrogen) atoms. The second-order valence-electron chi connectivity index (χ2n) is 9.36. The number of fused-ring (bicyclic) bond motifs is 1. The van der Waals surface area contributed by atoms with E-state index in [0.29, 0.717) is 0 Å². The number of hydrogen-bond acceptors (Lipinski definition) is 3. The average Bonchev–Trinajstić information content (AvgIpc) is 3.65. The summed E-state index contributed by atoms with van der Waals surface area (Å²) < 4.78 is 0. The number of nitrogens with one attached hydrogen (secondary N) is 2. The van der Waals surface area contributed by atoms with Crippen molar-refractivity contribution in [1.82, 2.24) is 5.32 Å². The van der Waals surface area contributed by atoms with Crippen LogP contribution in [-0.4, -0.2) is 18.1 Å². The molecule has 170 valence electrons. The Kier molecular flexibility index (Phi) is 5.18. The van der Waals surface area contributed by atoms with Gasteiger partial charge in [0.1, 0.15) is 6.17 Å². The molecule has 1 aliphatic heterocycles. The molecule has 6 rings (SSSR count). The highest BCUT2D eigenvalue weighted by atomic mass is 15.1. The fourth-order valence-electron chi connectivity index (χ4n) is 5.18. The van der Waals surface area contributed by atoms with Gasteiger partial charge in [-0.25, -0.2) is 0 Å². The highest BCUT2D eigenvalue weighted by molar-refractivity contribution is 6.13. The summed E-state index contributed by atoms with van der Waals surface area (Å²) in [5, 5.41) is 11.7. The van der Waals surface area contributed by atoms with Crippen LogP contribution in [0.2, 0.25) is 0 Å². The van der Waals surface area contributed by atoms with Crippen LogP contribution in [0.1, 0.15) is 29.5 Å². The zero-order chi connectivity index (χ0) is 23.8. The lowest BCUT2D eigenvalue weighted by molar-refractivity contribution is 0.651. The normalized spacial score (nSPS) is 22.8. The summed E-state index contributed by atoms with van der Waals surface area (Å²) in [4.78, 5) is 4.86. The van der Waals surface area contributed by atoms with Crippen molar-refractivity contribution in [3.05, 3.63) is 138 Å². The molecule has 0 saturated carbocycles. The minimum Gasteiger partial charge on any atom is -0.363 e. The van der Waals surface area contributed by atoms with Crippen molar-refractivity contribution in [2.75, 3.05) is 0 Å². The van der Waals surface area contributed by atoms with Gasteiger partial charge in [-0.15, -0.1) is 0 Å². The second kappa shape index (κ2) is 8.52. The molecule has 2 aliphatic carbocycles. The first-order chi connectivity index (χ1) is 17.2. The van der Waals surface area contributed by atoms with Crippen LogP contribution in [0.15, 0.2) is 126 Å². The highest BCUT2D eigenvalue weighted by Gasteiger charge is 2.47. The van der Waals surface area contributed by atoms with Gasteiger partial charge >= 0.3 is 0 Å². The van der Waals surface area contributed by atoms with Crippen molar-refractivity contribution in [2.45, 2.75) is 19.0 Å². The molecule has 3 aliphatic rings. The van der Waals surface area contributed by atoms with Gasteiger partial charge in [-0.3, -0.25) is 4.99 Å². The third-order valence-corrected chi connectivity index (χ3v) is 7.07. The minimum absolute atomic E-state index is 0.000988. The third-order valence-electron chi connectivity index (χ3n) is 7.07. The molecule has 3 nitrogen and oxygen atoms in total. The Balaban J connectivity index is 1.29. The molecule has 0 saturated heterocycles. The van der Waals surface area contributed by atoms with E-state index in [2.05, 4.69) is 121 Å². The van der Waals surface area contributed by atoms with E-state index in [9.17, 15) is 0 Å². The lowest BCUT2D eigenvalue weighted by Gasteiger charge is -2.26. The number of allylic oxidation sites excluding steroid dienone is 7. The molecular formula is C32H27N3. The zero-order valence-electron chi connectivity index (χ0n) is 19.6. The number of nitrogens with zero attached hydrogens (tertiary/aromatic N) is 1. The Labute approximate surface area is 206 Å². The molecule has 3 aromatic rings. The number of rotatable bonds is 6. The fraction of sp³-hybridized carbons (Fsp3) is 0.125. The monoisotopic (exact) mass is 453 g/mol. The van der Waals surface area contributed by atoms with Crippen LogP contribution < -0.4 is 5.32 Å². The molecule has 0 bridgehead atoms. The van der Waals surface area contributed by atoms with Gasteiger partial charge in [-0.1, -0.05) is 103 Å². The standard InChI is InChI=1S/C32H27N3/c1-22-34-30(25-15-13-24(14-16-25)23-8-3-2-4-9-23)19-31(35-22)27-11-7-10-26(18-27)29(21-33)32-17-6-5-12-28(32)20-32/h2-22,29,33,35H,1H3/t22?,29?,32-/m0/s1. The fourth-order valence-corrected chi connectivity index (χ4v) is 5.18. The summed E-state index contributed by atoms with van der Waals surface area (Å²) in [6.45, 7) is 2.08. The molecule has 2 unspecified atom stereocenters. The SMILES string of the molecule is CC1N=C(c2ccc(-c3ccccc3)cc2)C=C(c2cccc(C(C=N)[C@]34C=CC=CC3=C4)c2)N1. The van der Waals surface area contributed by atoms with Crippen molar-refractivity contribution in [2.24, 2.45) is 10.4 Å². The van der Waals surface area contributed by atoms with E-state index in [0.717, 1.165) is 28.1 Å². The molecule has 0 radical (unpaired) electrons. The zero-order valence-corrected chi connectivity index (χ0v) is 19.6. The predicted molar refractivity (Wildman–Crippen MR) is 146 cm³/mol. The Morgan fingerprint density at radius 2 is 1.63 bits per heavy atom. The Morgan fingerprint density at radius 3 is 2.40 bits per heavy atom. The lowest BCUT2D eigenvalue weighted by Crippen LogP contribution is -2.28. The van der Waals surface area contributed by atoms with Crippen LogP contribution in [0.5, 0.6) is 0 Å². The Morgan fingerprint density at radius 1 is 0.886 bits per heavy atom. The van der Waals surface area contributed by atoms with Gasteiger partial charge in [-0.05, 0) is 52.5 Å². The van der Waals surface area contributed by atoms with E-state index >= 15 is 0 Å². The van der Waals surface area contributed by atoms with Gasteiger partial charge in [0.15, 0.2) is 0 Å². The van der Waals surface area contributed by atoms with E-state index in [1.165, 1.54) is 16.7 Å². The molecule has 3 atom stereocenters. The number of hydrogen-bond donors (Lipinski definition) is 2. The van der Waals surface area contributed by atoms with Crippen molar-refractivity contribution in [3.8, 4) is 11.1 Å². The third kappa shape index (κ3) is 3.89. The van der Waals surface area contributed by atoms with E-state index in [1.54, 1.807) is 6.21 Å². The summed E-state index contributed by atoms with van der Waals surface area (Å²) in [7, 11) is 0. The molecule has 1 heterocycles. The van der Waals surface area contributed by atoms with Crippen molar-refractivity contribution < 1.29 is 0 Å². The van der Waals surface area contributed by atoms with E-state index in [4.69, 9.17) is 10.4 Å². The molecular weight excluding hydrogens is 426 g/mol. The Bertz CT molecular complexity index is 1440. The van der Waals surface area contributed by atoms with Gasteiger partial charge in [0.2, 0.25) is 0 Å². The first kappa shape index (κ1) is 21.3. The molecule has 0 spiro atoms. The second-order valence-corrected chi connectivity index (χ2v) is 9.36. The predicted octanol–water partition coefficient (Wildman–Crippen LogP) is 6.92. The smallest absolute Gasteiger partial charge is 0.116 e. The van der Waals surface area contributed by atoms with Crippen LogP contribution in [0, 0.1) is 10.8 Å². The maximum atomic E-state index is 8.19. The first-order valence-corrected chi connectivity index (χ1v) is 12.1. The summed E-state index contributed by atoms with van der Waals surface area (Å²) in [5.74, 6) is -0.000988. The highest BCUT2D eigenvalue weighted by Crippen LogP contribution is 2.57. The van der Waals surface area contributed by atoms with Gasteiger partial charge in [-0.2, -0.15) is 0 Å². The van der Waals surface area contributed by atoms with Gasteiger partial charge in [0, 0.05) is 23.2 Å². The van der Waals surface area contributed by atoms with Crippen molar-refractivity contribution >= 4 is 17.6 Å². The number of benzene rings is 3. The lowest BCUT2D eigenvalue weighted by atomic mass is 9.78. The Hall–Kier alpha value is -4.24. The number of aliphatic imine (C=N–C) groups is 1. The van der Waals surface area contributed by atoms with E-state index < -0.39 is 0 Å². The molecule has 0 amide bonds. The quantitative estimate of drug-likeness (QED) is 0.391. The van der Waals surface area contributed by atoms with E-state index in [-0.39, 0.29) is 17.5 Å². The van der Waals surface area contributed by atoms with E-state index in [1.807, 2.05) is 6.07 Å². The molecule has 0 aromatic heterocycles. The van der Waals surface area contributed by atoms with Gasteiger partial charge in [0.25, 0.3) is 0 Å². The van der Waals surface area contributed by atoms with Gasteiger partial charge in [0.05, 0.1) is 5.71 Å². The van der Waals surface area contributed by atoms with Crippen LogP contribution >= 0.6 is 0 Å². The first-order valence-electron chi connectivity index (χ1n) is 12.1. The minimum atomic E-state index is -0.135. The summed E-state index contributed by atoms with van der Waals surface area (Å²) in [6.07, 6.45) is 14.5. The topological polar surface area (TPSA) is 48.2 Å². The van der Waals surface area contributed by atoms with Crippen LogP contribution in [0.4, 0.5) is 0 Å². The van der Waals surface area contributed by atoms with Crippen LogP contribution in [0.3, 0.4) is 0 Å². The summed E-state index contributed by atoms with van der Waals surface area (Å²) in [6, 6.07) is 27.6. The largest absolute Gasteiger partial charge is 0.363 e. The molecule has 0 fully saturated rings. The maximum Gasteiger partial charge on any atom is 0.116 e. The van der Waals surface area contributed by atoms with Crippen LogP contribution in [-0.2, 0) is 0 Å². The molecule has 3 heteroatoms. The van der Waals surface area contributed by atoms with Gasteiger partial charge < -0.3 is 10.7 Å². The molecule has 3 aromatic carbocycles. The van der Waals surface area contributed by atoms with Crippen molar-refractivity contribution in [1.29, 1.82) is 5.41 Å². The summed E-state index contributed by atoms with van der Waals surface area (Å²) in [5.41, 5.74) is 8.98. The van der Waals surface area contributed by atoms with Crippen molar-refractivity contribution in [3.63, 3.8) is 0 Å². The molecule has 2 N–H and O–H groups in total.